The van der Waals surface area contributed by atoms with E-state index in [1.807, 2.05) is 52.0 Å². The zero-order valence-corrected chi connectivity index (χ0v) is 24.9. The molecule has 10 nitrogen and oxygen atoms in total. The van der Waals surface area contributed by atoms with Crippen LogP contribution in [-0.2, 0) is 36.8 Å². The molecular formula is C31H44N4O6. The van der Waals surface area contributed by atoms with Crippen molar-refractivity contribution in [1.29, 1.82) is 0 Å². The summed E-state index contributed by atoms with van der Waals surface area (Å²) in [6.45, 7) is 12.0. The highest BCUT2D eigenvalue weighted by molar-refractivity contribution is 6.37. The molecule has 1 aromatic carbocycles. The number of Topliss-reactive ketones (excluding diaryl/α,β-unsaturated/α-hetero) is 1. The van der Waals surface area contributed by atoms with Gasteiger partial charge >= 0.3 is 6.09 Å². The van der Waals surface area contributed by atoms with Crippen LogP contribution < -0.4 is 16.4 Å². The highest BCUT2D eigenvalue weighted by Crippen LogP contribution is 2.65. The number of piperidine rings is 1. The third-order valence-corrected chi connectivity index (χ3v) is 9.54. The number of fused-ring (bicyclic) bond motifs is 2. The molecule has 4 N–H and O–H groups in total. The number of likely N-dealkylation sites (tertiary alicyclic amines) is 1. The summed E-state index contributed by atoms with van der Waals surface area (Å²) in [5, 5.41) is 5.59. The summed E-state index contributed by atoms with van der Waals surface area (Å²) in [6, 6.07) is 5.20. The van der Waals surface area contributed by atoms with Crippen LogP contribution in [0.3, 0.4) is 0 Å². The number of carbonyl (C=O) groups excluding carboxylic acids is 5. The number of nitrogens with two attached hydrogens (primary N) is 1. The maximum absolute atomic E-state index is 14.3. The molecule has 2 aliphatic carbocycles. The van der Waals surface area contributed by atoms with Crippen molar-refractivity contribution >= 4 is 29.6 Å². The number of benzene rings is 1. The molecule has 1 saturated heterocycles. The van der Waals surface area contributed by atoms with Crippen LogP contribution in [0.2, 0.25) is 0 Å². The Labute approximate surface area is 242 Å². The lowest BCUT2D eigenvalue weighted by Gasteiger charge is -2.35. The van der Waals surface area contributed by atoms with Crippen molar-refractivity contribution in [3.63, 3.8) is 0 Å². The van der Waals surface area contributed by atoms with Crippen LogP contribution in [-0.4, -0.2) is 65.3 Å². The minimum Gasteiger partial charge on any atom is -0.446 e. The number of amides is 4. The van der Waals surface area contributed by atoms with E-state index in [-0.39, 0.29) is 47.5 Å². The zero-order chi connectivity index (χ0) is 30.2. The van der Waals surface area contributed by atoms with Crippen LogP contribution in [0.15, 0.2) is 24.3 Å². The molecule has 4 rings (SSSR count). The molecule has 0 bridgehead atoms. The van der Waals surface area contributed by atoms with E-state index in [0.717, 1.165) is 11.1 Å². The van der Waals surface area contributed by atoms with Gasteiger partial charge in [0.2, 0.25) is 17.6 Å². The summed E-state index contributed by atoms with van der Waals surface area (Å²) in [4.78, 5) is 66.7. The highest BCUT2D eigenvalue weighted by Gasteiger charge is 2.69. The third-order valence-electron chi connectivity index (χ3n) is 9.54. The van der Waals surface area contributed by atoms with Gasteiger partial charge in [-0.25, -0.2) is 4.79 Å². The van der Waals surface area contributed by atoms with Crippen molar-refractivity contribution < 1.29 is 28.7 Å². The molecule has 1 aliphatic heterocycles. The molecule has 6 atom stereocenters. The second-order valence-electron chi connectivity index (χ2n) is 12.9. The Morgan fingerprint density at radius 3 is 2.20 bits per heavy atom. The van der Waals surface area contributed by atoms with E-state index in [0.29, 0.717) is 25.8 Å². The third kappa shape index (κ3) is 6.11. The lowest BCUT2D eigenvalue weighted by atomic mass is 9.93. The highest BCUT2D eigenvalue weighted by atomic mass is 16.6. The van der Waals surface area contributed by atoms with Gasteiger partial charge in [0.1, 0.15) is 18.2 Å². The molecular weight excluding hydrogens is 524 g/mol. The van der Waals surface area contributed by atoms with Gasteiger partial charge in [-0.2, -0.15) is 0 Å². The Morgan fingerprint density at radius 1 is 1.05 bits per heavy atom. The number of hydrogen-bond donors (Lipinski definition) is 3. The van der Waals surface area contributed by atoms with E-state index in [4.69, 9.17) is 10.5 Å². The van der Waals surface area contributed by atoms with Crippen LogP contribution in [0.25, 0.3) is 0 Å². The van der Waals surface area contributed by atoms with Crippen molar-refractivity contribution in [2.75, 3.05) is 6.54 Å². The second kappa shape index (κ2) is 11.8. The van der Waals surface area contributed by atoms with E-state index in [1.165, 1.54) is 0 Å². The average molecular weight is 569 g/mol. The van der Waals surface area contributed by atoms with Crippen LogP contribution >= 0.6 is 0 Å². The van der Waals surface area contributed by atoms with Gasteiger partial charge in [0.25, 0.3) is 5.91 Å². The number of primary amides is 1. The van der Waals surface area contributed by atoms with Gasteiger partial charge in [-0.05, 0) is 66.4 Å². The van der Waals surface area contributed by atoms with Crippen LogP contribution in [0.4, 0.5) is 4.79 Å². The molecule has 0 spiro atoms. The average Bonchev–Trinajstić information content (AvgIpc) is 3.29. The minimum absolute atomic E-state index is 0.103. The number of alkyl carbamates (subject to hydrolysis) is 1. The first-order valence-corrected chi connectivity index (χ1v) is 14.8. The second-order valence-corrected chi connectivity index (χ2v) is 12.9. The number of ether oxygens (including phenoxy) is 1. The molecule has 4 amide bonds. The first-order chi connectivity index (χ1) is 19.3. The summed E-state index contributed by atoms with van der Waals surface area (Å²) < 4.78 is 5.58. The van der Waals surface area contributed by atoms with Gasteiger partial charge in [-0.15, -0.1) is 0 Å². The van der Waals surface area contributed by atoms with Gasteiger partial charge in [0.15, 0.2) is 0 Å². The fourth-order valence-electron chi connectivity index (χ4n) is 6.65. The molecule has 10 heteroatoms. The number of rotatable bonds is 11. The van der Waals surface area contributed by atoms with E-state index in [9.17, 15) is 24.0 Å². The molecule has 1 aromatic rings. The van der Waals surface area contributed by atoms with Gasteiger partial charge in [0.05, 0.1) is 6.04 Å². The Morgan fingerprint density at radius 2 is 1.66 bits per heavy atom. The predicted octanol–water partition coefficient (Wildman–Crippen LogP) is 2.36. The minimum atomic E-state index is -1.10. The van der Waals surface area contributed by atoms with E-state index in [2.05, 4.69) is 24.5 Å². The Balaban J connectivity index is 1.60. The van der Waals surface area contributed by atoms with Crippen molar-refractivity contribution in [1.82, 2.24) is 15.5 Å². The maximum Gasteiger partial charge on any atom is 0.408 e. The first-order valence-electron chi connectivity index (χ1n) is 14.8. The molecule has 41 heavy (non-hydrogen) atoms. The van der Waals surface area contributed by atoms with E-state index < -0.39 is 41.8 Å². The lowest BCUT2D eigenvalue weighted by molar-refractivity contribution is -0.144. The van der Waals surface area contributed by atoms with Gasteiger partial charge < -0.3 is 26.0 Å². The van der Waals surface area contributed by atoms with Crippen LogP contribution in [0, 0.1) is 29.1 Å². The fourth-order valence-corrected chi connectivity index (χ4v) is 6.65. The molecule has 0 aromatic heterocycles. The largest absolute Gasteiger partial charge is 0.446 e. The summed E-state index contributed by atoms with van der Waals surface area (Å²) >= 11 is 0. The molecule has 4 unspecified atom stereocenters. The van der Waals surface area contributed by atoms with E-state index in [1.54, 1.807) is 4.90 Å². The van der Waals surface area contributed by atoms with Gasteiger partial charge in [0, 0.05) is 6.54 Å². The monoisotopic (exact) mass is 568 g/mol. The van der Waals surface area contributed by atoms with Gasteiger partial charge in [-0.1, -0.05) is 65.3 Å². The molecule has 2 fully saturated rings. The summed E-state index contributed by atoms with van der Waals surface area (Å²) in [5.74, 6) is -2.88. The Bertz CT molecular complexity index is 1190. The topological polar surface area (TPSA) is 148 Å². The van der Waals surface area contributed by atoms with Gasteiger partial charge in [-0.3, -0.25) is 19.2 Å². The maximum atomic E-state index is 14.3. The molecule has 3 aliphatic rings. The lowest BCUT2D eigenvalue weighted by Crippen LogP contribution is -2.59. The summed E-state index contributed by atoms with van der Waals surface area (Å²) in [5.41, 5.74) is 7.34. The summed E-state index contributed by atoms with van der Waals surface area (Å²) in [6.07, 6.45) is 1.03. The van der Waals surface area contributed by atoms with Crippen molar-refractivity contribution in [2.45, 2.75) is 91.5 Å². The van der Waals surface area contributed by atoms with E-state index >= 15 is 0 Å². The Hall–Kier alpha value is -3.43. The number of nitrogens with zero attached hydrogens (tertiary/aromatic N) is 1. The number of hydrogen-bond acceptors (Lipinski definition) is 6. The molecule has 224 valence electrons. The molecule has 1 heterocycles. The zero-order valence-electron chi connectivity index (χ0n) is 24.9. The molecule has 0 radical (unpaired) electrons. The van der Waals surface area contributed by atoms with Crippen molar-refractivity contribution in [2.24, 2.45) is 34.8 Å². The van der Waals surface area contributed by atoms with Crippen LogP contribution in [0.5, 0.6) is 0 Å². The normalized spacial score (nSPS) is 24.6. The van der Waals surface area contributed by atoms with Crippen molar-refractivity contribution in [3.05, 3.63) is 35.4 Å². The smallest absolute Gasteiger partial charge is 0.408 e. The number of nitrogens with one attached hydrogen (secondary N) is 2. The van der Waals surface area contributed by atoms with Crippen molar-refractivity contribution in [3.8, 4) is 0 Å². The molecule has 1 saturated carbocycles. The van der Waals surface area contributed by atoms with Crippen LogP contribution in [0.1, 0.15) is 65.5 Å². The quantitative estimate of drug-likeness (QED) is 0.349. The Kier molecular flexibility index (Phi) is 8.80. The number of carbonyl (C=O) groups is 5. The standard InChI is InChI=1S/C31H44N4O6/c1-7-10-22(26(36)27(32)37)33-28(38)25-23-21(31(23,5)6)15-35(25)29(39)24(34-30(40)41-17(4)16(2)3)20-13-18-11-8-9-12-19(18)14-20/h8-9,11-12,16-17,20-25H,7,10,13-15H2,1-6H3,(H2,32,37)(H,33,38)(H,34,40)/t17?,21?,22?,23?,24-,25-/m0/s1. The SMILES string of the molecule is CCCC(NC(=O)[C@@H]1C2C(CN1C(=O)[C@@H](NC(=O)OC(C)C(C)C)C1Cc3ccccc3C1)C2(C)C)C(=O)C(N)=O. The fraction of sp³-hybridized carbons (Fsp3) is 0.645. The predicted molar refractivity (Wildman–Crippen MR) is 152 cm³/mol. The number of ketones is 1. The summed E-state index contributed by atoms with van der Waals surface area (Å²) in [7, 11) is 0. The first kappa shape index (κ1) is 30.5.